The lowest BCUT2D eigenvalue weighted by atomic mass is 10.1. The Kier molecular flexibility index (Phi) is 4.74. The summed E-state index contributed by atoms with van der Waals surface area (Å²) in [5.41, 5.74) is 0.984. The van der Waals surface area contributed by atoms with Crippen molar-refractivity contribution in [3.8, 4) is 0 Å². The third kappa shape index (κ3) is 3.36. The van der Waals surface area contributed by atoms with Crippen molar-refractivity contribution in [2.45, 2.75) is 17.9 Å². The zero-order valence-corrected chi connectivity index (χ0v) is 12.1. The molecule has 0 aliphatic rings. The van der Waals surface area contributed by atoms with Gasteiger partial charge in [0.25, 0.3) is 5.91 Å². The number of aromatic nitrogens is 1. The summed E-state index contributed by atoms with van der Waals surface area (Å²) in [5.74, 6) is -1.05. The fraction of sp³-hybridized carbons (Fsp3) is 0.200. The number of hydrogen-bond donors (Lipinski definition) is 1. The van der Waals surface area contributed by atoms with Crippen LogP contribution in [-0.4, -0.2) is 17.1 Å². The van der Waals surface area contributed by atoms with Gasteiger partial charge < -0.3 is 5.32 Å². The Morgan fingerprint density at radius 3 is 2.60 bits per heavy atom. The highest BCUT2D eigenvalue weighted by atomic mass is 32.2. The number of halogens is 1. The predicted octanol–water partition coefficient (Wildman–Crippen LogP) is 3.43. The fourth-order valence-electron chi connectivity index (χ4n) is 1.81. The minimum absolute atomic E-state index is 0.00702. The van der Waals surface area contributed by atoms with Gasteiger partial charge in [-0.15, -0.1) is 11.8 Å². The van der Waals surface area contributed by atoms with Crippen molar-refractivity contribution in [3.05, 3.63) is 59.7 Å². The van der Waals surface area contributed by atoms with Crippen LogP contribution in [-0.2, 0) is 0 Å². The molecular formula is C15H15FN2OS. The summed E-state index contributed by atoms with van der Waals surface area (Å²) in [7, 11) is 0. The van der Waals surface area contributed by atoms with Crippen molar-refractivity contribution >= 4 is 17.7 Å². The molecular weight excluding hydrogens is 275 g/mol. The molecule has 1 heterocycles. The molecule has 3 nitrogen and oxygen atoms in total. The molecule has 0 aliphatic heterocycles. The van der Waals surface area contributed by atoms with E-state index in [2.05, 4.69) is 10.3 Å². The zero-order chi connectivity index (χ0) is 14.5. The second-order valence-corrected chi connectivity index (χ2v) is 5.20. The average molecular weight is 290 g/mol. The Bertz CT molecular complexity index is 601. The Hall–Kier alpha value is -1.88. The maximum absolute atomic E-state index is 13.5. The van der Waals surface area contributed by atoms with E-state index in [0.717, 1.165) is 16.7 Å². The first-order chi connectivity index (χ1) is 9.61. The highest BCUT2D eigenvalue weighted by molar-refractivity contribution is 7.98. The summed E-state index contributed by atoms with van der Waals surface area (Å²) >= 11 is 1.66. The third-order valence-electron chi connectivity index (χ3n) is 2.98. The van der Waals surface area contributed by atoms with Gasteiger partial charge in [0.1, 0.15) is 0 Å². The molecule has 1 aromatic carbocycles. The largest absolute Gasteiger partial charge is 0.345 e. The SMILES string of the molecule is CSc1ccc(C(C)NC(=O)c2ccncc2F)cc1. The van der Waals surface area contributed by atoms with E-state index in [9.17, 15) is 9.18 Å². The molecule has 0 spiro atoms. The molecule has 104 valence electrons. The summed E-state index contributed by atoms with van der Waals surface area (Å²) in [4.78, 5) is 16.8. The Balaban J connectivity index is 2.09. The first-order valence-electron chi connectivity index (χ1n) is 6.16. The lowest BCUT2D eigenvalue weighted by Gasteiger charge is -2.15. The molecule has 1 N–H and O–H groups in total. The van der Waals surface area contributed by atoms with Crippen molar-refractivity contribution in [2.75, 3.05) is 6.26 Å². The molecule has 5 heteroatoms. The van der Waals surface area contributed by atoms with Gasteiger partial charge in [0, 0.05) is 11.1 Å². The number of pyridine rings is 1. The summed E-state index contributed by atoms with van der Waals surface area (Å²) in [6, 6.07) is 9.09. The summed E-state index contributed by atoms with van der Waals surface area (Å²) in [6.07, 6.45) is 4.44. The number of benzene rings is 1. The van der Waals surface area contributed by atoms with Crippen LogP contribution in [0.3, 0.4) is 0 Å². The maximum atomic E-state index is 13.5. The highest BCUT2D eigenvalue weighted by Crippen LogP contribution is 2.19. The minimum atomic E-state index is -0.616. The molecule has 1 atom stereocenters. The topological polar surface area (TPSA) is 42.0 Å². The van der Waals surface area contributed by atoms with Crippen molar-refractivity contribution < 1.29 is 9.18 Å². The van der Waals surface area contributed by atoms with Crippen LogP contribution in [0.5, 0.6) is 0 Å². The van der Waals surface area contributed by atoms with Crippen LogP contribution < -0.4 is 5.32 Å². The first-order valence-corrected chi connectivity index (χ1v) is 7.38. The number of carbonyl (C=O) groups excluding carboxylic acids is 1. The monoisotopic (exact) mass is 290 g/mol. The standard InChI is InChI=1S/C15H15FN2OS/c1-10(11-3-5-12(20-2)6-4-11)18-15(19)13-7-8-17-9-14(13)16/h3-10H,1-2H3,(H,18,19). The zero-order valence-electron chi connectivity index (χ0n) is 11.3. The number of carbonyl (C=O) groups is 1. The smallest absolute Gasteiger partial charge is 0.254 e. The van der Waals surface area contributed by atoms with E-state index in [1.54, 1.807) is 11.8 Å². The van der Waals surface area contributed by atoms with Crippen LogP contribution in [0.1, 0.15) is 28.9 Å². The van der Waals surface area contributed by atoms with E-state index in [4.69, 9.17) is 0 Å². The number of rotatable bonds is 4. The van der Waals surface area contributed by atoms with Crippen LogP contribution in [0.25, 0.3) is 0 Å². The van der Waals surface area contributed by atoms with Crippen LogP contribution in [0.15, 0.2) is 47.6 Å². The van der Waals surface area contributed by atoms with E-state index >= 15 is 0 Å². The van der Waals surface area contributed by atoms with Gasteiger partial charge >= 0.3 is 0 Å². The summed E-state index contributed by atoms with van der Waals surface area (Å²) < 4.78 is 13.5. The Morgan fingerprint density at radius 2 is 2.00 bits per heavy atom. The van der Waals surface area contributed by atoms with Gasteiger partial charge in [-0.2, -0.15) is 0 Å². The fourth-order valence-corrected chi connectivity index (χ4v) is 2.22. The molecule has 2 aromatic rings. The number of amides is 1. The first kappa shape index (κ1) is 14.5. The molecule has 1 unspecified atom stereocenters. The molecule has 0 aliphatic carbocycles. The van der Waals surface area contributed by atoms with Crippen LogP contribution >= 0.6 is 11.8 Å². The second-order valence-electron chi connectivity index (χ2n) is 4.32. The van der Waals surface area contributed by atoms with Crippen LogP contribution in [0.4, 0.5) is 4.39 Å². The van der Waals surface area contributed by atoms with Gasteiger partial charge in [0.2, 0.25) is 0 Å². The number of nitrogens with zero attached hydrogens (tertiary/aromatic N) is 1. The van der Waals surface area contributed by atoms with Gasteiger partial charge in [-0.25, -0.2) is 4.39 Å². The molecule has 1 aromatic heterocycles. The molecule has 0 saturated heterocycles. The van der Waals surface area contributed by atoms with Gasteiger partial charge in [0.15, 0.2) is 5.82 Å². The number of hydrogen-bond acceptors (Lipinski definition) is 3. The van der Waals surface area contributed by atoms with E-state index in [0.29, 0.717) is 0 Å². The Morgan fingerprint density at radius 1 is 1.30 bits per heavy atom. The molecule has 0 radical (unpaired) electrons. The summed E-state index contributed by atoms with van der Waals surface area (Å²) in [6.45, 7) is 1.87. The molecule has 2 rings (SSSR count). The number of nitrogens with one attached hydrogen (secondary N) is 1. The van der Waals surface area contributed by atoms with Gasteiger partial charge in [-0.1, -0.05) is 12.1 Å². The van der Waals surface area contributed by atoms with Crippen molar-refractivity contribution in [1.29, 1.82) is 0 Å². The minimum Gasteiger partial charge on any atom is -0.345 e. The highest BCUT2D eigenvalue weighted by Gasteiger charge is 2.14. The Labute approximate surface area is 121 Å². The van der Waals surface area contributed by atoms with Crippen molar-refractivity contribution in [1.82, 2.24) is 10.3 Å². The molecule has 20 heavy (non-hydrogen) atoms. The van der Waals surface area contributed by atoms with E-state index in [1.165, 1.54) is 12.3 Å². The summed E-state index contributed by atoms with van der Waals surface area (Å²) in [5, 5.41) is 2.78. The van der Waals surface area contributed by atoms with E-state index in [1.807, 2.05) is 37.4 Å². The molecule has 0 saturated carbocycles. The molecule has 0 bridgehead atoms. The average Bonchev–Trinajstić information content (AvgIpc) is 2.47. The van der Waals surface area contributed by atoms with Crippen LogP contribution in [0, 0.1) is 5.82 Å². The normalized spacial score (nSPS) is 11.9. The second kappa shape index (κ2) is 6.52. The van der Waals surface area contributed by atoms with E-state index in [-0.39, 0.29) is 11.6 Å². The van der Waals surface area contributed by atoms with Crippen LogP contribution in [0.2, 0.25) is 0 Å². The number of thioether (sulfide) groups is 1. The van der Waals surface area contributed by atoms with Gasteiger partial charge in [-0.05, 0) is 36.9 Å². The van der Waals surface area contributed by atoms with Crippen molar-refractivity contribution in [2.24, 2.45) is 0 Å². The molecule has 0 fully saturated rings. The lowest BCUT2D eigenvalue weighted by molar-refractivity contribution is 0.0935. The third-order valence-corrected chi connectivity index (χ3v) is 3.72. The maximum Gasteiger partial charge on any atom is 0.254 e. The lowest BCUT2D eigenvalue weighted by Crippen LogP contribution is -2.27. The predicted molar refractivity (Wildman–Crippen MR) is 78.3 cm³/mol. The quantitative estimate of drug-likeness (QED) is 0.877. The van der Waals surface area contributed by atoms with Crippen molar-refractivity contribution in [3.63, 3.8) is 0 Å². The molecule has 1 amide bonds. The van der Waals surface area contributed by atoms with Gasteiger partial charge in [0.05, 0.1) is 17.8 Å². The van der Waals surface area contributed by atoms with Gasteiger partial charge in [-0.3, -0.25) is 9.78 Å². The van der Waals surface area contributed by atoms with E-state index < -0.39 is 11.7 Å².